The maximum atomic E-state index is 5.92. The molecule has 1 heterocycles. The molecule has 0 unspecified atom stereocenters. The summed E-state index contributed by atoms with van der Waals surface area (Å²) >= 11 is 0. The highest BCUT2D eigenvalue weighted by Crippen LogP contribution is 2.33. The van der Waals surface area contributed by atoms with Gasteiger partial charge in [-0.05, 0) is 44.6 Å². The molecular formula is C12H17N3O. The van der Waals surface area contributed by atoms with Gasteiger partial charge in [-0.1, -0.05) is 0 Å². The van der Waals surface area contributed by atoms with Crippen molar-refractivity contribution in [1.82, 2.24) is 9.97 Å². The van der Waals surface area contributed by atoms with Crippen molar-refractivity contribution in [2.45, 2.75) is 38.2 Å². The second kappa shape index (κ2) is 4.01. The molecular weight excluding hydrogens is 202 g/mol. The van der Waals surface area contributed by atoms with Gasteiger partial charge >= 0.3 is 0 Å². The minimum Gasteiger partial charge on any atom is -0.474 e. The van der Waals surface area contributed by atoms with Gasteiger partial charge in [0.15, 0.2) is 0 Å². The van der Waals surface area contributed by atoms with Gasteiger partial charge in [-0.25, -0.2) is 9.97 Å². The van der Waals surface area contributed by atoms with Gasteiger partial charge in [-0.15, -0.1) is 0 Å². The molecule has 0 amide bonds. The SMILES string of the molecule is NCC1CC(Oc2ncnc3c2CCC3)C1. The summed E-state index contributed by atoms with van der Waals surface area (Å²) in [7, 11) is 0. The van der Waals surface area contributed by atoms with Gasteiger partial charge in [-0.3, -0.25) is 0 Å². The third-order valence-electron chi connectivity index (χ3n) is 3.64. The number of nitrogens with two attached hydrogens (primary N) is 1. The molecule has 16 heavy (non-hydrogen) atoms. The second-order valence-corrected chi connectivity index (χ2v) is 4.77. The molecule has 0 radical (unpaired) electrons. The summed E-state index contributed by atoms with van der Waals surface area (Å²) < 4.78 is 5.92. The molecule has 4 heteroatoms. The van der Waals surface area contributed by atoms with Crippen molar-refractivity contribution >= 4 is 0 Å². The summed E-state index contributed by atoms with van der Waals surface area (Å²) in [6, 6.07) is 0. The third-order valence-corrected chi connectivity index (χ3v) is 3.64. The third kappa shape index (κ3) is 1.67. The fourth-order valence-corrected chi connectivity index (χ4v) is 2.55. The number of rotatable bonds is 3. The van der Waals surface area contributed by atoms with E-state index >= 15 is 0 Å². The van der Waals surface area contributed by atoms with E-state index in [1.54, 1.807) is 6.33 Å². The first kappa shape index (κ1) is 10.0. The highest BCUT2D eigenvalue weighted by Gasteiger charge is 2.31. The lowest BCUT2D eigenvalue weighted by Crippen LogP contribution is -2.38. The van der Waals surface area contributed by atoms with E-state index in [0.29, 0.717) is 12.0 Å². The molecule has 4 nitrogen and oxygen atoms in total. The molecule has 0 aromatic carbocycles. The van der Waals surface area contributed by atoms with Gasteiger partial charge in [0, 0.05) is 5.56 Å². The van der Waals surface area contributed by atoms with Crippen molar-refractivity contribution in [2.24, 2.45) is 11.7 Å². The summed E-state index contributed by atoms with van der Waals surface area (Å²) in [5.41, 5.74) is 8.01. The molecule has 0 atom stereocenters. The number of hydrogen-bond acceptors (Lipinski definition) is 4. The van der Waals surface area contributed by atoms with Crippen LogP contribution in [0.5, 0.6) is 5.88 Å². The van der Waals surface area contributed by atoms with Crippen LogP contribution in [-0.4, -0.2) is 22.6 Å². The number of ether oxygens (including phenoxy) is 1. The Hall–Kier alpha value is -1.16. The number of nitrogens with zero attached hydrogens (tertiary/aromatic N) is 2. The van der Waals surface area contributed by atoms with E-state index in [0.717, 1.165) is 38.1 Å². The smallest absolute Gasteiger partial charge is 0.220 e. The van der Waals surface area contributed by atoms with Crippen molar-refractivity contribution in [3.05, 3.63) is 17.6 Å². The van der Waals surface area contributed by atoms with Gasteiger partial charge in [0.1, 0.15) is 12.4 Å². The van der Waals surface area contributed by atoms with Crippen molar-refractivity contribution in [3.8, 4) is 5.88 Å². The Kier molecular flexibility index (Phi) is 2.52. The van der Waals surface area contributed by atoms with Crippen molar-refractivity contribution in [3.63, 3.8) is 0 Å². The lowest BCUT2D eigenvalue weighted by Gasteiger charge is -2.34. The molecule has 0 saturated heterocycles. The van der Waals surface area contributed by atoms with Crippen LogP contribution in [0.3, 0.4) is 0 Å². The maximum Gasteiger partial charge on any atom is 0.220 e. The van der Waals surface area contributed by atoms with Gasteiger partial charge in [0.2, 0.25) is 5.88 Å². The van der Waals surface area contributed by atoms with E-state index in [9.17, 15) is 0 Å². The summed E-state index contributed by atoms with van der Waals surface area (Å²) in [4.78, 5) is 8.55. The molecule has 0 spiro atoms. The zero-order valence-corrected chi connectivity index (χ0v) is 9.35. The van der Waals surface area contributed by atoms with Crippen molar-refractivity contribution in [1.29, 1.82) is 0 Å². The Bertz CT molecular complexity index is 388. The van der Waals surface area contributed by atoms with Crippen LogP contribution < -0.4 is 10.5 Å². The van der Waals surface area contributed by atoms with Gasteiger partial charge in [-0.2, -0.15) is 0 Å². The van der Waals surface area contributed by atoms with Crippen LogP contribution in [-0.2, 0) is 12.8 Å². The molecule has 0 bridgehead atoms. The molecule has 86 valence electrons. The number of aromatic nitrogens is 2. The van der Waals surface area contributed by atoms with Gasteiger partial charge in [0.05, 0.1) is 5.69 Å². The molecule has 2 aliphatic rings. The average molecular weight is 219 g/mol. The maximum absolute atomic E-state index is 5.92. The number of aryl methyl sites for hydroxylation is 1. The second-order valence-electron chi connectivity index (χ2n) is 4.77. The van der Waals surface area contributed by atoms with E-state index in [2.05, 4.69) is 9.97 Å². The summed E-state index contributed by atoms with van der Waals surface area (Å²) in [6.07, 6.45) is 7.43. The Morgan fingerprint density at radius 2 is 2.19 bits per heavy atom. The van der Waals surface area contributed by atoms with Crippen molar-refractivity contribution < 1.29 is 4.74 Å². The van der Waals surface area contributed by atoms with Crippen LogP contribution >= 0.6 is 0 Å². The highest BCUT2D eigenvalue weighted by atomic mass is 16.5. The van der Waals surface area contributed by atoms with E-state index in [4.69, 9.17) is 10.5 Å². The predicted octanol–water partition coefficient (Wildman–Crippen LogP) is 1.08. The quantitative estimate of drug-likeness (QED) is 0.826. The Morgan fingerprint density at radius 3 is 3.00 bits per heavy atom. The van der Waals surface area contributed by atoms with E-state index in [1.165, 1.54) is 17.7 Å². The molecule has 1 fully saturated rings. The first-order valence-corrected chi connectivity index (χ1v) is 6.06. The largest absolute Gasteiger partial charge is 0.474 e. The topological polar surface area (TPSA) is 61.0 Å². The van der Waals surface area contributed by atoms with Crippen LogP contribution in [0.1, 0.15) is 30.5 Å². The summed E-state index contributed by atoms with van der Waals surface area (Å²) in [5, 5.41) is 0. The molecule has 0 aliphatic heterocycles. The molecule has 3 rings (SSSR count). The van der Waals surface area contributed by atoms with Crippen LogP contribution in [0.15, 0.2) is 6.33 Å². The van der Waals surface area contributed by atoms with E-state index < -0.39 is 0 Å². The lowest BCUT2D eigenvalue weighted by atomic mass is 9.82. The Labute approximate surface area is 95.2 Å². The zero-order valence-electron chi connectivity index (χ0n) is 9.35. The summed E-state index contributed by atoms with van der Waals surface area (Å²) in [6.45, 7) is 0.780. The average Bonchev–Trinajstić information content (AvgIpc) is 2.71. The molecule has 1 saturated carbocycles. The monoisotopic (exact) mass is 219 g/mol. The van der Waals surface area contributed by atoms with Crippen LogP contribution in [0.25, 0.3) is 0 Å². The minimum absolute atomic E-state index is 0.327. The van der Waals surface area contributed by atoms with Crippen molar-refractivity contribution in [2.75, 3.05) is 6.54 Å². The summed E-state index contributed by atoms with van der Waals surface area (Å²) in [5.74, 6) is 1.47. The lowest BCUT2D eigenvalue weighted by molar-refractivity contribution is 0.0638. The van der Waals surface area contributed by atoms with Crippen LogP contribution in [0.4, 0.5) is 0 Å². The Morgan fingerprint density at radius 1 is 1.31 bits per heavy atom. The zero-order chi connectivity index (χ0) is 11.0. The van der Waals surface area contributed by atoms with Gasteiger partial charge < -0.3 is 10.5 Å². The van der Waals surface area contributed by atoms with Gasteiger partial charge in [0.25, 0.3) is 0 Å². The van der Waals surface area contributed by atoms with E-state index in [1.807, 2.05) is 0 Å². The standard InChI is InChI=1S/C12H17N3O/c13-6-8-4-9(5-8)16-12-10-2-1-3-11(10)14-7-15-12/h7-9H,1-6,13H2. The normalized spacial score (nSPS) is 27.3. The molecule has 1 aromatic heterocycles. The number of fused-ring (bicyclic) bond motifs is 1. The highest BCUT2D eigenvalue weighted by molar-refractivity contribution is 5.33. The Balaban J connectivity index is 1.69. The predicted molar refractivity (Wildman–Crippen MR) is 60.3 cm³/mol. The first-order valence-electron chi connectivity index (χ1n) is 6.06. The molecule has 1 aromatic rings. The number of hydrogen-bond donors (Lipinski definition) is 1. The minimum atomic E-state index is 0.327. The first-order chi connectivity index (χ1) is 7.86. The fraction of sp³-hybridized carbons (Fsp3) is 0.667. The fourth-order valence-electron chi connectivity index (χ4n) is 2.55. The van der Waals surface area contributed by atoms with Crippen LogP contribution in [0.2, 0.25) is 0 Å². The van der Waals surface area contributed by atoms with Crippen LogP contribution in [0, 0.1) is 5.92 Å². The van der Waals surface area contributed by atoms with E-state index in [-0.39, 0.29) is 0 Å². The molecule has 2 N–H and O–H groups in total. The molecule has 2 aliphatic carbocycles.